The molecule has 3 rings (SSSR count). The third-order valence-corrected chi connectivity index (χ3v) is 4.43. The lowest BCUT2D eigenvalue weighted by molar-refractivity contribution is -0.0498. The van der Waals surface area contributed by atoms with Crippen molar-refractivity contribution in [2.75, 3.05) is 0 Å². The number of nitrogens with zero attached hydrogens (tertiary/aromatic N) is 2. The fraction of sp³-hybridized carbons (Fsp3) is 0.125. The maximum atomic E-state index is 12.1. The molecule has 4 nitrogen and oxygen atoms in total. The van der Waals surface area contributed by atoms with Gasteiger partial charge in [-0.05, 0) is 42.0 Å². The third kappa shape index (κ3) is 4.55. The smallest absolute Gasteiger partial charge is 0.387 e. The Balaban J connectivity index is 1.63. The quantitative estimate of drug-likeness (QED) is 0.507. The lowest BCUT2D eigenvalue weighted by atomic mass is 10.2. The molecule has 0 radical (unpaired) electrons. The number of rotatable bonds is 6. The molecule has 0 spiro atoms. The van der Waals surface area contributed by atoms with E-state index in [2.05, 4.69) is 30.9 Å². The molecular formula is C16H11BrF2N2O2S. The van der Waals surface area contributed by atoms with Crippen LogP contribution in [-0.4, -0.2) is 16.8 Å². The maximum Gasteiger partial charge on any atom is 0.387 e. The summed E-state index contributed by atoms with van der Waals surface area (Å²) in [5.41, 5.74) is 1.77. The largest absolute Gasteiger partial charge is 0.435 e. The van der Waals surface area contributed by atoms with Crippen LogP contribution in [0, 0.1) is 0 Å². The highest BCUT2D eigenvalue weighted by Gasteiger charge is 2.10. The second kappa shape index (κ2) is 7.76. The molecule has 0 amide bonds. The molecule has 0 atom stereocenters. The van der Waals surface area contributed by atoms with Crippen molar-refractivity contribution in [3.05, 3.63) is 58.6 Å². The summed E-state index contributed by atoms with van der Waals surface area (Å²) < 4.78 is 35.2. The van der Waals surface area contributed by atoms with Gasteiger partial charge in [0.05, 0.1) is 0 Å². The molecule has 0 aliphatic carbocycles. The second-order valence-electron chi connectivity index (χ2n) is 4.69. The minimum Gasteiger partial charge on any atom is -0.435 e. The number of aromatic nitrogens is 2. The Morgan fingerprint density at radius 2 is 1.75 bits per heavy atom. The lowest BCUT2D eigenvalue weighted by Gasteiger charge is -2.03. The molecule has 3 aromatic rings. The highest BCUT2D eigenvalue weighted by atomic mass is 79.9. The van der Waals surface area contributed by atoms with Crippen LogP contribution < -0.4 is 4.74 Å². The van der Waals surface area contributed by atoms with Gasteiger partial charge in [-0.25, -0.2) is 0 Å². The normalized spacial score (nSPS) is 11.0. The summed E-state index contributed by atoms with van der Waals surface area (Å²) in [6, 6.07) is 14.0. The lowest BCUT2D eigenvalue weighted by Crippen LogP contribution is -2.01. The number of hydrogen-bond acceptors (Lipinski definition) is 5. The molecule has 0 saturated heterocycles. The van der Waals surface area contributed by atoms with Crippen molar-refractivity contribution in [3.63, 3.8) is 0 Å². The first-order chi connectivity index (χ1) is 11.6. The number of halogens is 3. The predicted molar refractivity (Wildman–Crippen MR) is 90.1 cm³/mol. The molecule has 0 aliphatic rings. The van der Waals surface area contributed by atoms with E-state index in [1.54, 1.807) is 12.1 Å². The van der Waals surface area contributed by atoms with E-state index in [1.165, 1.54) is 23.9 Å². The van der Waals surface area contributed by atoms with Crippen LogP contribution in [0.25, 0.3) is 11.5 Å². The fourth-order valence-electron chi connectivity index (χ4n) is 1.89. The summed E-state index contributed by atoms with van der Waals surface area (Å²) in [5.74, 6) is 1.12. The number of ether oxygens (including phenoxy) is 1. The van der Waals surface area contributed by atoms with Crippen molar-refractivity contribution >= 4 is 27.7 Å². The zero-order chi connectivity index (χ0) is 16.9. The van der Waals surface area contributed by atoms with Crippen LogP contribution in [0.4, 0.5) is 8.78 Å². The second-order valence-corrected chi connectivity index (χ2v) is 6.53. The highest BCUT2D eigenvalue weighted by Crippen LogP contribution is 2.27. The summed E-state index contributed by atoms with van der Waals surface area (Å²) in [4.78, 5) is 0. The van der Waals surface area contributed by atoms with E-state index < -0.39 is 6.61 Å². The molecule has 0 unspecified atom stereocenters. The average molecular weight is 413 g/mol. The molecule has 1 heterocycles. The first-order valence-corrected chi connectivity index (χ1v) is 8.64. The number of thioether (sulfide) groups is 1. The van der Waals surface area contributed by atoms with Crippen molar-refractivity contribution in [2.24, 2.45) is 0 Å². The Hall–Kier alpha value is -1.93. The van der Waals surface area contributed by atoms with Crippen LogP contribution in [0.15, 0.2) is 62.6 Å². The minimum absolute atomic E-state index is 0.0816. The number of benzene rings is 2. The first kappa shape index (κ1) is 16.9. The van der Waals surface area contributed by atoms with Crippen LogP contribution in [-0.2, 0) is 5.75 Å². The predicted octanol–water partition coefficient (Wildman–Crippen LogP) is 5.39. The Labute approximate surface area is 149 Å². The summed E-state index contributed by atoms with van der Waals surface area (Å²) in [7, 11) is 0. The molecule has 0 fully saturated rings. The van der Waals surface area contributed by atoms with Gasteiger partial charge in [-0.3, -0.25) is 0 Å². The fourth-order valence-corrected chi connectivity index (χ4v) is 2.87. The van der Waals surface area contributed by atoms with Gasteiger partial charge in [0, 0.05) is 15.8 Å². The van der Waals surface area contributed by atoms with Crippen molar-refractivity contribution in [2.45, 2.75) is 17.6 Å². The zero-order valence-electron chi connectivity index (χ0n) is 12.2. The minimum atomic E-state index is -2.85. The van der Waals surface area contributed by atoms with Crippen molar-refractivity contribution < 1.29 is 17.9 Å². The summed E-state index contributed by atoms with van der Waals surface area (Å²) in [5, 5.41) is 8.40. The van der Waals surface area contributed by atoms with Gasteiger partial charge in [0.2, 0.25) is 5.89 Å². The van der Waals surface area contributed by atoms with Crippen molar-refractivity contribution in [1.82, 2.24) is 10.2 Å². The van der Waals surface area contributed by atoms with Crippen molar-refractivity contribution in [3.8, 4) is 17.2 Å². The SMILES string of the molecule is FC(F)Oc1ccc(-c2nnc(SCc3ccc(Br)cc3)o2)cc1. The summed E-state index contributed by atoms with van der Waals surface area (Å²) in [6.07, 6.45) is 0. The molecular weight excluding hydrogens is 402 g/mol. The molecule has 24 heavy (non-hydrogen) atoms. The van der Waals surface area contributed by atoms with Gasteiger partial charge >= 0.3 is 6.61 Å². The number of hydrogen-bond donors (Lipinski definition) is 0. The van der Waals surface area contributed by atoms with Gasteiger partial charge in [-0.1, -0.05) is 39.8 Å². The Bertz CT molecular complexity index is 795. The summed E-state index contributed by atoms with van der Waals surface area (Å²) in [6.45, 7) is -2.85. The zero-order valence-corrected chi connectivity index (χ0v) is 14.6. The monoisotopic (exact) mass is 412 g/mol. The molecule has 0 N–H and O–H groups in total. The Morgan fingerprint density at radius 3 is 2.42 bits per heavy atom. The molecule has 0 aliphatic heterocycles. The summed E-state index contributed by atoms with van der Waals surface area (Å²) >= 11 is 4.82. The van der Waals surface area contributed by atoms with E-state index >= 15 is 0 Å². The van der Waals surface area contributed by atoms with Gasteiger partial charge in [0.1, 0.15) is 5.75 Å². The van der Waals surface area contributed by atoms with Gasteiger partial charge in [-0.2, -0.15) is 8.78 Å². The third-order valence-electron chi connectivity index (χ3n) is 3.01. The molecule has 8 heteroatoms. The van der Waals surface area contributed by atoms with Crippen LogP contribution in [0.5, 0.6) is 5.75 Å². The van der Waals surface area contributed by atoms with Crippen LogP contribution in [0.3, 0.4) is 0 Å². The highest BCUT2D eigenvalue weighted by molar-refractivity contribution is 9.10. The molecule has 124 valence electrons. The van der Waals surface area contributed by atoms with Crippen LogP contribution >= 0.6 is 27.7 Å². The standard InChI is InChI=1S/C16H11BrF2N2O2S/c17-12-5-1-10(2-6-12)9-24-16-21-20-14(23-16)11-3-7-13(8-4-11)22-15(18)19/h1-8,15H,9H2. The first-order valence-electron chi connectivity index (χ1n) is 6.86. The van der Waals surface area contributed by atoms with E-state index in [4.69, 9.17) is 4.42 Å². The average Bonchev–Trinajstić information content (AvgIpc) is 3.03. The van der Waals surface area contributed by atoms with Gasteiger partial charge in [-0.15, -0.1) is 10.2 Å². The van der Waals surface area contributed by atoms with Gasteiger partial charge in [0.15, 0.2) is 0 Å². The van der Waals surface area contributed by atoms with Crippen LogP contribution in [0.2, 0.25) is 0 Å². The van der Waals surface area contributed by atoms with E-state index in [0.29, 0.717) is 22.4 Å². The number of alkyl halides is 2. The van der Waals surface area contributed by atoms with E-state index in [1.807, 2.05) is 24.3 Å². The van der Waals surface area contributed by atoms with E-state index in [0.717, 1.165) is 10.0 Å². The van der Waals surface area contributed by atoms with Gasteiger partial charge < -0.3 is 9.15 Å². The Kier molecular flexibility index (Phi) is 5.47. The van der Waals surface area contributed by atoms with Crippen molar-refractivity contribution in [1.29, 1.82) is 0 Å². The molecule has 0 saturated carbocycles. The van der Waals surface area contributed by atoms with E-state index in [9.17, 15) is 8.78 Å². The Morgan fingerprint density at radius 1 is 1.04 bits per heavy atom. The van der Waals surface area contributed by atoms with Gasteiger partial charge in [0.25, 0.3) is 5.22 Å². The van der Waals surface area contributed by atoms with Crippen LogP contribution in [0.1, 0.15) is 5.56 Å². The topological polar surface area (TPSA) is 48.2 Å². The maximum absolute atomic E-state index is 12.1. The molecule has 2 aromatic carbocycles. The molecule has 1 aromatic heterocycles. The van der Waals surface area contributed by atoms with E-state index in [-0.39, 0.29) is 5.75 Å². The molecule has 0 bridgehead atoms.